The number of benzene rings is 2. The highest BCUT2D eigenvalue weighted by Crippen LogP contribution is 2.30. The molecular weight excluding hydrogens is 273 g/mol. The molecule has 0 N–H and O–H groups in total. The Morgan fingerprint density at radius 1 is 1.00 bits per heavy atom. The zero-order chi connectivity index (χ0) is 14.0. The van der Waals surface area contributed by atoms with Crippen LogP contribution in [0.1, 0.15) is 5.56 Å². The van der Waals surface area contributed by atoms with Crippen LogP contribution in [0, 0.1) is 24.4 Å². The molecule has 0 heterocycles. The SMILES string of the molecule is Cc1cccc(N=Nc2c(F)cc(F)cc2F)c1S. The highest BCUT2D eigenvalue weighted by Gasteiger charge is 2.11. The van der Waals surface area contributed by atoms with Crippen molar-refractivity contribution in [3.63, 3.8) is 0 Å². The van der Waals surface area contributed by atoms with Crippen LogP contribution in [-0.4, -0.2) is 0 Å². The first-order chi connectivity index (χ1) is 8.99. The van der Waals surface area contributed by atoms with Crippen molar-refractivity contribution in [2.45, 2.75) is 11.8 Å². The number of hydrogen-bond acceptors (Lipinski definition) is 3. The first kappa shape index (κ1) is 13.6. The van der Waals surface area contributed by atoms with Crippen LogP contribution in [0.3, 0.4) is 0 Å². The normalized spacial score (nSPS) is 11.2. The van der Waals surface area contributed by atoms with Gasteiger partial charge in [-0.3, -0.25) is 0 Å². The van der Waals surface area contributed by atoms with Gasteiger partial charge < -0.3 is 0 Å². The molecule has 0 radical (unpaired) electrons. The van der Waals surface area contributed by atoms with Gasteiger partial charge in [-0.15, -0.1) is 22.9 Å². The van der Waals surface area contributed by atoms with E-state index < -0.39 is 23.1 Å². The van der Waals surface area contributed by atoms with Crippen LogP contribution in [0.4, 0.5) is 24.5 Å². The predicted octanol–water partition coefficient (Wildman–Crippen LogP) is 5.12. The topological polar surface area (TPSA) is 24.7 Å². The Balaban J connectivity index is 2.41. The highest BCUT2D eigenvalue weighted by atomic mass is 32.1. The van der Waals surface area contributed by atoms with Crippen molar-refractivity contribution in [1.82, 2.24) is 0 Å². The number of hydrogen-bond donors (Lipinski definition) is 1. The fraction of sp³-hybridized carbons (Fsp3) is 0.0769. The van der Waals surface area contributed by atoms with E-state index >= 15 is 0 Å². The van der Waals surface area contributed by atoms with Crippen LogP contribution in [-0.2, 0) is 0 Å². The number of aryl methyl sites for hydroxylation is 1. The third kappa shape index (κ3) is 2.96. The number of thiol groups is 1. The maximum absolute atomic E-state index is 13.3. The van der Waals surface area contributed by atoms with E-state index in [9.17, 15) is 13.2 Å². The fourth-order valence-electron chi connectivity index (χ4n) is 1.46. The Kier molecular flexibility index (Phi) is 3.90. The summed E-state index contributed by atoms with van der Waals surface area (Å²) in [6, 6.07) is 6.25. The molecule has 6 heteroatoms. The Labute approximate surface area is 113 Å². The summed E-state index contributed by atoms with van der Waals surface area (Å²) in [6.45, 7) is 1.82. The van der Waals surface area contributed by atoms with E-state index in [1.807, 2.05) is 13.0 Å². The summed E-state index contributed by atoms with van der Waals surface area (Å²) in [7, 11) is 0. The molecule has 0 fully saturated rings. The lowest BCUT2D eigenvalue weighted by Gasteiger charge is -2.02. The van der Waals surface area contributed by atoms with Gasteiger partial charge in [0.25, 0.3) is 0 Å². The van der Waals surface area contributed by atoms with Crippen LogP contribution in [0.25, 0.3) is 0 Å². The molecule has 0 amide bonds. The van der Waals surface area contributed by atoms with Gasteiger partial charge >= 0.3 is 0 Å². The second kappa shape index (κ2) is 5.44. The van der Waals surface area contributed by atoms with E-state index in [-0.39, 0.29) is 0 Å². The Bertz CT molecular complexity index is 633. The minimum Gasteiger partial charge on any atom is -0.207 e. The first-order valence-electron chi connectivity index (χ1n) is 5.34. The molecule has 0 atom stereocenters. The van der Waals surface area contributed by atoms with E-state index in [1.165, 1.54) is 0 Å². The summed E-state index contributed by atoms with van der Waals surface area (Å²) in [4.78, 5) is 0.564. The third-order valence-electron chi connectivity index (χ3n) is 2.46. The van der Waals surface area contributed by atoms with Crippen LogP contribution >= 0.6 is 12.6 Å². The van der Waals surface area contributed by atoms with Gasteiger partial charge in [-0.05, 0) is 18.6 Å². The molecule has 0 aliphatic carbocycles. The Morgan fingerprint density at radius 3 is 2.26 bits per heavy atom. The van der Waals surface area contributed by atoms with Crippen molar-refractivity contribution in [2.24, 2.45) is 10.2 Å². The molecule has 2 aromatic carbocycles. The van der Waals surface area contributed by atoms with Gasteiger partial charge in [-0.2, -0.15) is 0 Å². The van der Waals surface area contributed by atoms with E-state index in [2.05, 4.69) is 22.9 Å². The number of rotatable bonds is 2. The standard InChI is InChI=1S/C13H9F3N2S/c1-7-3-2-4-11(13(7)19)17-18-12-9(15)5-8(14)6-10(12)16/h2-6,19H,1H3. The average molecular weight is 282 g/mol. The summed E-state index contributed by atoms with van der Waals surface area (Å²) >= 11 is 4.22. The van der Waals surface area contributed by atoms with Crippen molar-refractivity contribution < 1.29 is 13.2 Å². The molecule has 19 heavy (non-hydrogen) atoms. The van der Waals surface area contributed by atoms with E-state index in [0.29, 0.717) is 22.7 Å². The van der Waals surface area contributed by atoms with Gasteiger partial charge in [0, 0.05) is 17.0 Å². The Hall–Kier alpha value is -1.82. The average Bonchev–Trinajstić information content (AvgIpc) is 2.33. The predicted molar refractivity (Wildman–Crippen MR) is 68.9 cm³/mol. The van der Waals surface area contributed by atoms with Gasteiger partial charge in [-0.1, -0.05) is 12.1 Å². The summed E-state index contributed by atoms with van der Waals surface area (Å²) in [5, 5.41) is 7.21. The van der Waals surface area contributed by atoms with Crippen LogP contribution in [0.2, 0.25) is 0 Å². The maximum atomic E-state index is 13.3. The second-order valence-electron chi connectivity index (χ2n) is 3.86. The number of halogens is 3. The third-order valence-corrected chi connectivity index (χ3v) is 3.04. The minimum atomic E-state index is -1.10. The van der Waals surface area contributed by atoms with E-state index in [0.717, 1.165) is 5.56 Å². The zero-order valence-corrected chi connectivity index (χ0v) is 10.8. The maximum Gasteiger partial charge on any atom is 0.157 e. The lowest BCUT2D eigenvalue weighted by Crippen LogP contribution is -1.85. The molecule has 0 bridgehead atoms. The molecule has 0 aromatic heterocycles. The van der Waals surface area contributed by atoms with Gasteiger partial charge in [0.15, 0.2) is 17.3 Å². The smallest absolute Gasteiger partial charge is 0.157 e. The van der Waals surface area contributed by atoms with Crippen molar-refractivity contribution in [2.75, 3.05) is 0 Å². The molecule has 0 saturated heterocycles. The molecule has 0 unspecified atom stereocenters. The first-order valence-corrected chi connectivity index (χ1v) is 5.78. The van der Waals surface area contributed by atoms with Crippen molar-refractivity contribution >= 4 is 24.0 Å². The number of nitrogens with zero attached hydrogens (tertiary/aromatic N) is 2. The molecule has 98 valence electrons. The summed E-state index contributed by atoms with van der Waals surface area (Å²) in [6.07, 6.45) is 0. The van der Waals surface area contributed by atoms with E-state index in [4.69, 9.17) is 0 Å². The molecule has 2 aromatic rings. The molecule has 2 rings (SSSR count). The van der Waals surface area contributed by atoms with Gasteiger partial charge in [0.1, 0.15) is 5.82 Å². The second-order valence-corrected chi connectivity index (χ2v) is 4.31. The van der Waals surface area contributed by atoms with Crippen LogP contribution in [0.15, 0.2) is 45.5 Å². The molecule has 0 saturated carbocycles. The molecule has 2 nitrogen and oxygen atoms in total. The number of azo groups is 1. The van der Waals surface area contributed by atoms with E-state index in [1.54, 1.807) is 12.1 Å². The monoisotopic (exact) mass is 282 g/mol. The Morgan fingerprint density at radius 2 is 1.63 bits per heavy atom. The summed E-state index contributed by atoms with van der Waals surface area (Å²) < 4.78 is 39.4. The van der Waals surface area contributed by atoms with Crippen molar-refractivity contribution in [3.05, 3.63) is 53.3 Å². The molecule has 0 spiro atoms. The summed E-state index contributed by atoms with van der Waals surface area (Å²) in [5.74, 6) is -3.20. The minimum absolute atomic E-state index is 0.381. The van der Waals surface area contributed by atoms with Gasteiger partial charge in [0.05, 0.1) is 5.69 Å². The quantitative estimate of drug-likeness (QED) is 0.584. The molecule has 0 aliphatic rings. The van der Waals surface area contributed by atoms with Crippen LogP contribution in [0.5, 0.6) is 0 Å². The fourth-order valence-corrected chi connectivity index (χ4v) is 1.65. The highest BCUT2D eigenvalue weighted by molar-refractivity contribution is 7.80. The largest absolute Gasteiger partial charge is 0.207 e. The molecule has 0 aliphatic heterocycles. The van der Waals surface area contributed by atoms with Crippen LogP contribution < -0.4 is 0 Å². The zero-order valence-electron chi connectivity index (χ0n) is 9.86. The van der Waals surface area contributed by atoms with Gasteiger partial charge in [-0.25, -0.2) is 13.2 Å². The molecular formula is C13H9F3N2S. The lowest BCUT2D eigenvalue weighted by atomic mass is 10.2. The van der Waals surface area contributed by atoms with Crippen molar-refractivity contribution in [1.29, 1.82) is 0 Å². The van der Waals surface area contributed by atoms with Crippen molar-refractivity contribution in [3.8, 4) is 0 Å². The lowest BCUT2D eigenvalue weighted by molar-refractivity contribution is 0.545. The summed E-state index contributed by atoms with van der Waals surface area (Å²) in [5.41, 5.74) is 0.613. The van der Waals surface area contributed by atoms with Gasteiger partial charge in [0.2, 0.25) is 0 Å².